The summed E-state index contributed by atoms with van der Waals surface area (Å²) >= 11 is 0. The zero-order valence-corrected chi connectivity index (χ0v) is 16.2. The van der Waals surface area contributed by atoms with Crippen molar-refractivity contribution in [1.29, 1.82) is 0 Å². The van der Waals surface area contributed by atoms with E-state index in [1.807, 2.05) is 80.6 Å². The number of benzene rings is 3. The summed E-state index contributed by atoms with van der Waals surface area (Å²) in [4.78, 5) is 12.5. The van der Waals surface area contributed by atoms with E-state index in [1.54, 1.807) is 12.1 Å². The van der Waals surface area contributed by atoms with Gasteiger partial charge in [0.1, 0.15) is 24.7 Å². The summed E-state index contributed by atoms with van der Waals surface area (Å²) in [5.74, 6) is 1.31. The Kier molecular flexibility index (Phi) is 6.68. The zero-order chi connectivity index (χ0) is 19.8. The maximum atomic E-state index is 12.5. The van der Waals surface area contributed by atoms with E-state index in [0.29, 0.717) is 24.5 Å². The summed E-state index contributed by atoms with van der Waals surface area (Å²) < 4.78 is 11.5. The second-order valence-electron chi connectivity index (χ2n) is 6.80. The molecule has 1 atom stereocenters. The molecule has 3 aromatic rings. The summed E-state index contributed by atoms with van der Waals surface area (Å²) in [7, 11) is 0. The molecule has 4 heteroatoms. The molecule has 0 radical (unpaired) electrons. The van der Waals surface area contributed by atoms with Gasteiger partial charge in [-0.25, -0.2) is 0 Å². The topological polar surface area (TPSA) is 47.6 Å². The van der Waals surface area contributed by atoms with Crippen LogP contribution in [0.25, 0.3) is 0 Å². The number of rotatable bonds is 8. The first-order valence-corrected chi connectivity index (χ1v) is 9.37. The van der Waals surface area contributed by atoms with Gasteiger partial charge in [0.2, 0.25) is 0 Å². The van der Waals surface area contributed by atoms with E-state index >= 15 is 0 Å². The summed E-state index contributed by atoms with van der Waals surface area (Å²) in [6, 6.07) is 24.9. The van der Waals surface area contributed by atoms with Crippen LogP contribution >= 0.6 is 0 Å². The molecule has 0 saturated heterocycles. The number of carbonyl (C=O) groups is 1. The SMILES string of the molecule is Cc1ccc(OC[C@H](C)NC(=O)c2cccc(OCc3ccccc3)c2)cc1. The third-order valence-corrected chi connectivity index (χ3v) is 4.24. The van der Waals surface area contributed by atoms with Crippen LogP contribution < -0.4 is 14.8 Å². The number of carbonyl (C=O) groups excluding carboxylic acids is 1. The molecule has 28 heavy (non-hydrogen) atoms. The van der Waals surface area contributed by atoms with Gasteiger partial charge in [0, 0.05) is 5.56 Å². The monoisotopic (exact) mass is 375 g/mol. The molecule has 0 aliphatic heterocycles. The van der Waals surface area contributed by atoms with Crippen LogP contribution in [0.3, 0.4) is 0 Å². The van der Waals surface area contributed by atoms with Gasteiger partial charge < -0.3 is 14.8 Å². The van der Waals surface area contributed by atoms with Crippen LogP contribution in [0, 0.1) is 6.92 Å². The molecule has 0 unspecified atom stereocenters. The fraction of sp³-hybridized carbons (Fsp3) is 0.208. The average molecular weight is 375 g/mol. The van der Waals surface area contributed by atoms with Crippen molar-refractivity contribution in [3.63, 3.8) is 0 Å². The normalized spacial score (nSPS) is 11.5. The van der Waals surface area contributed by atoms with Gasteiger partial charge in [-0.3, -0.25) is 4.79 Å². The predicted octanol–water partition coefficient (Wildman–Crippen LogP) is 4.77. The highest BCUT2D eigenvalue weighted by Gasteiger charge is 2.11. The van der Waals surface area contributed by atoms with Crippen LogP contribution in [0.5, 0.6) is 11.5 Å². The van der Waals surface area contributed by atoms with E-state index in [1.165, 1.54) is 5.56 Å². The third kappa shape index (κ3) is 5.88. The fourth-order valence-electron chi connectivity index (χ4n) is 2.67. The molecule has 4 nitrogen and oxygen atoms in total. The largest absolute Gasteiger partial charge is 0.491 e. The van der Waals surface area contributed by atoms with Crippen molar-refractivity contribution in [3.05, 3.63) is 95.6 Å². The van der Waals surface area contributed by atoms with Crippen molar-refractivity contribution < 1.29 is 14.3 Å². The van der Waals surface area contributed by atoms with Gasteiger partial charge in [0.15, 0.2) is 0 Å². The summed E-state index contributed by atoms with van der Waals surface area (Å²) in [5, 5.41) is 2.96. The zero-order valence-electron chi connectivity index (χ0n) is 16.2. The van der Waals surface area contributed by atoms with Gasteiger partial charge in [-0.2, -0.15) is 0 Å². The molecule has 0 fully saturated rings. The van der Waals surface area contributed by atoms with Crippen LogP contribution in [0.1, 0.15) is 28.4 Å². The Labute approximate surface area is 166 Å². The van der Waals surface area contributed by atoms with Crippen molar-refractivity contribution in [2.24, 2.45) is 0 Å². The van der Waals surface area contributed by atoms with Crippen LogP contribution in [-0.2, 0) is 6.61 Å². The van der Waals surface area contributed by atoms with Crippen LogP contribution in [0.2, 0.25) is 0 Å². The Morgan fingerprint density at radius 1 is 0.893 bits per heavy atom. The van der Waals surface area contributed by atoms with Gasteiger partial charge in [-0.15, -0.1) is 0 Å². The minimum Gasteiger partial charge on any atom is -0.491 e. The number of hydrogen-bond acceptors (Lipinski definition) is 3. The number of ether oxygens (including phenoxy) is 2. The van der Waals surface area contributed by atoms with E-state index in [0.717, 1.165) is 11.3 Å². The molecule has 0 aliphatic carbocycles. The molecule has 144 valence electrons. The van der Waals surface area contributed by atoms with Gasteiger partial charge in [0.25, 0.3) is 5.91 Å². The van der Waals surface area contributed by atoms with E-state index in [9.17, 15) is 4.79 Å². The standard InChI is InChI=1S/C24H25NO3/c1-18-11-13-22(14-12-18)27-16-19(2)25-24(26)21-9-6-10-23(15-21)28-17-20-7-4-3-5-8-20/h3-15,19H,16-17H2,1-2H3,(H,25,26)/t19-/m0/s1. The molecule has 0 bridgehead atoms. The molecule has 0 saturated carbocycles. The van der Waals surface area contributed by atoms with Crippen LogP contribution in [0.4, 0.5) is 0 Å². The number of amides is 1. The van der Waals surface area contributed by atoms with Gasteiger partial charge in [0.05, 0.1) is 6.04 Å². The third-order valence-electron chi connectivity index (χ3n) is 4.24. The van der Waals surface area contributed by atoms with Gasteiger partial charge in [-0.05, 0) is 49.7 Å². The van der Waals surface area contributed by atoms with Crippen molar-refractivity contribution in [1.82, 2.24) is 5.32 Å². The Hall–Kier alpha value is -3.27. The second-order valence-corrected chi connectivity index (χ2v) is 6.80. The molecular weight excluding hydrogens is 350 g/mol. The first-order chi connectivity index (χ1) is 13.6. The maximum absolute atomic E-state index is 12.5. The highest BCUT2D eigenvalue weighted by molar-refractivity contribution is 5.94. The Morgan fingerprint density at radius 2 is 1.64 bits per heavy atom. The number of hydrogen-bond donors (Lipinski definition) is 1. The van der Waals surface area contributed by atoms with Crippen LogP contribution in [0.15, 0.2) is 78.9 Å². The summed E-state index contributed by atoms with van der Waals surface area (Å²) in [6.45, 7) is 4.82. The Balaban J connectivity index is 1.51. The molecular formula is C24H25NO3. The lowest BCUT2D eigenvalue weighted by Crippen LogP contribution is -2.36. The molecule has 0 spiro atoms. The van der Waals surface area contributed by atoms with Crippen molar-refractivity contribution >= 4 is 5.91 Å². The van der Waals surface area contributed by atoms with Gasteiger partial charge >= 0.3 is 0 Å². The average Bonchev–Trinajstić information content (AvgIpc) is 2.73. The predicted molar refractivity (Wildman–Crippen MR) is 111 cm³/mol. The lowest BCUT2D eigenvalue weighted by atomic mass is 10.2. The highest BCUT2D eigenvalue weighted by Crippen LogP contribution is 2.16. The van der Waals surface area contributed by atoms with Crippen molar-refractivity contribution in [3.8, 4) is 11.5 Å². The maximum Gasteiger partial charge on any atom is 0.251 e. The highest BCUT2D eigenvalue weighted by atomic mass is 16.5. The first-order valence-electron chi connectivity index (χ1n) is 9.37. The smallest absolute Gasteiger partial charge is 0.251 e. The van der Waals surface area contributed by atoms with E-state index in [4.69, 9.17) is 9.47 Å². The minimum atomic E-state index is -0.148. The van der Waals surface area contributed by atoms with E-state index < -0.39 is 0 Å². The lowest BCUT2D eigenvalue weighted by Gasteiger charge is -2.15. The molecule has 0 heterocycles. The quantitative estimate of drug-likeness (QED) is 0.617. The Morgan fingerprint density at radius 3 is 2.39 bits per heavy atom. The lowest BCUT2D eigenvalue weighted by molar-refractivity contribution is 0.0926. The van der Waals surface area contributed by atoms with Crippen molar-refractivity contribution in [2.75, 3.05) is 6.61 Å². The van der Waals surface area contributed by atoms with Crippen LogP contribution in [-0.4, -0.2) is 18.6 Å². The first kappa shape index (κ1) is 19.5. The molecule has 0 aromatic heterocycles. The Bertz CT molecular complexity index is 891. The van der Waals surface area contributed by atoms with Crippen molar-refractivity contribution in [2.45, 2.75) is 26.5 Å². The van der Waals surface area contributed by atoms with Gasteiger partial charge in [-0.1, -0.05) is 54.1 Å². The summed E-state index contributed by atoms with van der Waals surface area (Å²) in [6.07, 6.45) is 0. The number of aryl methyl sites for hydroxylation is 1. The molecule has 1 N–H and O–H groups in total. The summed E-state index contributed by atoms with van der Waals surface area (Å²) in [5.41, 5.74) is 2.83. The second kappa shape index (κ2) is 9.60. The molecule has 0 aliphatic rings. The van der Waals surface area contributed by atoms with E-state index in [-0.39, 0.29) is 11.9 Å². The fourth-order valence-corrected chi connectivity index (χ4v) is 2.67. The molecule has 3 aromatic carbocycles. The minimum absolute atomic E-state index is 0.123. The number of nitrogens with one attached hydrogen (secondary N) is 1. The van der Waals surface area contributed by atoms with E-state index in [2.05, 4.69) is 5.32 Å². The molecule has 1 amide bonds. The molecule has 3 rings (SSSR count).